The number of methoxy groups -OCH3 is 1. The SMILES string of the molecule is COc1ccc2c(N3C[C@@H](C)N[C@@H](C)C3)ccc(C(=O)Nc3cc(F)c4nc(C)cn4c3)c2n1. The monoisotopic (exact) mass is 462 g/mol. The molecule has 5 rings (SSSR count). The molecule has 1 fully saturated rings. The van der Waals surface area contributed by atoms with Crippen LogP contribution in [-0.2, 0) is 0 Å². The lowest BCUT2D eigenvalue weighted by Gasteiger charge is -2.38. The van der Waals surface area contributed by atoms with Crippen LogP contribution in [-0.4, -0.2) is 52.6 Å². The van der Waals surface area contributed by atoms with Gasteiger partial charge in [0.2, 0.25) is 5.88 Å². The number of aromatic nitrogens is 3. The topological polar surface area (TPSA) is 83.8 Å². The van der Waals surface area contributed by atoms with Crippen LogP contribution < -0.4 is 20.3 Å². The lowest BCUT2D eigenvalue weighted by Crippen LogP contribution is -2.54. The van der Waals surface area contributed by atoms with E-state index in [1.165, 1.54) is 6.07 Å². The second-order valence-corrected chi connectivity index (χ2v) is 8.90. The highest BCUT2D eigenvalue weighted by molar-refractivity contribution is 6.14. The molecule has 1 saturated heterocycles. The molecule has 9 heteroatoms. The number of aryl methyl sites for hydroxylation is 1. The lowest BCUT2D eigenvalue weighted by atomic mass is 10.0. The smallest absolute Gasteiger partial charge is 0.257 e. The minimum Gasteiger partial charge on any atom is -0.481 e. The number of benzene rings is 1. The van der Waals surface area contributed by atoms with E-state index in [4.69, 9.17) is 4.74 Å². The van der Waals surface area contributed by atoms with Gasteiger partial charge in [-0.2, -0.15) is 0 Å². The quantitative estimate of drug-likeness (QED) is 0.480. The number of halogens is 1. The molecule has 1 aromatic carbocycles. The number of hydrogen-bond donors (Lipinski definition) is 2. The predicted octanol–water partition coefficient (Wildman–Crippen LogP) is 3.78. The number of hydrogen-bond acceptors (Lipinski definition) is 6. The van der Waals surface area contributed by atoms with Crippen LogP contribution in [0.2, 0.25) is 0 Å². The number of nitrogens with one attached hydrogen (secondary N) is 2. The molecule has 0 spiro atoms. The molecule has 176 valence electrons. The molecule has 4 heterocycles. The van der Waals surface area contributed by atoms with E-state index >= 15 is 0 Å². The number of nitrogens with zero attached hydrogens (tertiary/aromatic N) is 4. The standard InChI is InChI=1S/C25H27FN6O2/c1-14-10-31(11-15(2)27-14)21-7-5-19(23-18(21)6-8-22(30-23)34-4)25(33)29-17-9-20(26)24-28-16(3)12-32(24)13-17/h5-9,12-15,27H,10-11H2,1-4H3,(H,29,33)/t14-,15+. The van der Waals surface area contributed by atoms with E-state index in [9.17, 15) is 9.18 Å². The highest BCUT2D eigenvalue weighted by Crippen LogP contribution is 2.32. The van der Waals surface area contributed by atoms with Gasteiger partial charge in [-0.05, 0) is 39.0 Å². The molecule has 2 atom stereocenters. The fraction of sp³-hybridized carbons (Fsp3) is 0.320. The van der Waals surface area contributed by atoms with Gasteiger partial charge in [0.1, 0.15) is 0 Å². The van der Waals surface area contributed by atoms with E-state index in [2.05, 4.69) is 39.3 Å². The Labute approximate surface area is 196 Å². The van der Waals surface area contributed by atoms with E-state index in [0.717, 1.165) is 24.2 Å². The number of rotatable bonds is 4. The Bertz CT molecular complexity index is 1390. The Morgan fingerprint density at radius 3 is 2.65 bits per heavy atom. The average Bonchev–Trinajstić information content (AvgIpc) is 3.18. The number of carbonyl (C=O) groups excluding carboxylic acids is 1. The molecule has 34 heavy (non-hydrogen) atoms. The Kier molecular flexibility index (Phi) is 5.57. The number of ether oxygens (including phenoxy) is 1. The highest BCUT2D eigenvalue weighted by Gasteiger charge is 2.24. The third-order valence-electron chi connectivity index (χ3n) is 6.05. The van der Waals surface area contributed by atoms with Crippen molar-refractivity contribution >= 4 is 33.8 Å². The Balaban J connectivity index is 1.54. The molecule has 1 aliphatic rings. The average molecular weight is 463 g/mol. The summed E-state index contributed by atoms with van der Waals surface area (Å²) in [6.45, 7) is 7.80. The first-order chi connectivity index (χ1) is 16.3. The third kappa shape index (κ3) is 4.03. The number of pyridine rings is 2. The molecule has 0 unspecified atom stereocenters. The number of carbonyl (C=O) groups is 1. The van der Waals surface area contributed by atoms with Crippen LogP contribution in [0.5, 0.6) is 5.88 Å². The second kappa shape index (κ2) is 8.57. The Morgan fingerprint density at radius 1 is 1.15 bits per heavy atom. The zero-order chi connectivity index (χ0) is 24.0. The van der Waals surface area contributed by atoms with Gasteiger partial charge in [0.15, 0.2) is 11.5 Å². The zero-order valence-electron chi connectivity index (χ0n) is 19.6. The summed E-state index contributed by atoms with van der Waals surface area (Å²) in [4.78, 5) is 24.4. The number of anilines is 2. The molecule has 0 radical (unpaired) electrons. The second-order valence-electron chi connectivity index (χ2n) is 8.90. The maximum absolute atomic E-state index is 14.5. The molecule has 1 aliphatic heterocycles. The van der Waals surface area contributed by atoms with E-state index < -0.39 is 5.82 Å². The minimum atomic E-state index is -0.507. The molecule has 0 bridgehead atoms. The van der Waals surface area contributed by atoms with Gasteiger partial charge in [-0.25, -0.2) is 14.4 Å². The molecule has 1 amide bonds. The van der Waals surface area contributed by atoms with Gasteiger partial charge >= 0.3 is 0 Å². The lowest BCUT2D eigenvalue weighted by molar-refractivity contribution is 0.102. The summed E-state index contributed by atoms with van der Waals surface area (Å²) in [5.74, 6) is -0.468. The van der Waals surface area contributed by atoms with Gasteiger partial charge in [-0.15, -0.1) is 0 Å². The van der Waals surface area contributed by atoms with Crippen LogP contribution in [0, 0.1) is 12.7 Å². The van der Waals surface area contributed by atoms with Crippen LogP contribution in [0.3, 0.4) is 0 Å². The first-order valence-corrected chi connectivity index (χ1v) is 11.3. The predicted molar refractivity (Wildman–Crippen MR) is 130 cm³/mol. The van der Waals surface area contributed by atoms with Crippen molar-refractivity contribution in [1.29, 1.82) is 0 Å². The van der Waals surface area contributed by atoms with Gasteiger partial charge in [0.05, 0.1) is 29.6 Å². The third-order valence-corrected chi connectivity index (χ3v) is 6.05. The molecular formula is C25H27FN6O2. The van der Waals surface area contributed by atoms with Crippen LogP contribution in [0.1, 0.15) is 29.9 Å². The van der Waals surface area contributed by atoms with Crippen LogP contribution >= 0.6 is 0 Å². The van der Waals surface area contributed by atoms with Crippen molar-refractivity contribution in [1.82, 2.24) is 19.7 Å². The summed E-state index contributed by atoms with van der Waals surface area (Å²) in [6.07, 6.45) is 3.35. The van der Waals surface area contributed by atoms with Gasteiger partial charge in [-0.3, -0.25) is 4.79 Å². The van der Waals surface area contributed by atoms with Gasteiger partial charge in [0, 0.05) is 60.8 Å². The molecule has 0 saturated carbocycles. The summed E-state index contributed by atoms with van der Waals surface area (Å²) in [5.41, 5.74) is 3.18. The zero-order valence-corrected chi connectivity index (χ0v) is 19.6. The fourth-order valence-electron chi connectivity index (χ4n) is 4.73. The summed E-state index contributed by atoms with van der Waals surface area (Å²) < 4.78 is 21.4. The maximum Gasteiger partial charge on any atom is 0.257 e. The number of fused-ring (bicyclic) bond motifs is 2. The van der Waals surface area contributed by atoms with Crippen molar-refractivity contribution in [3.8, 4) is 5.88 Å². The van der Waals surface area contributed by atoms with Gasteiger partial charge < -0.3 is 24.7 Å². The van der Waals surface area contributed by atoms with Crippen molar-refractivity contribution in [3.63, 3.8) is 0 Å². The van der Waals surface area contributed by atoms with Crippen molar-refractivity contribution in [3.05, 3.63) is 59.8 Å². The van der Waals surface area contributed by atoms with Crippen molar-refractivity contribution < 1.29 is 13.9 Å². The fourth-order valence-corrected chi connectivity index (χ4v) is 4.73. The van der Waals surface area contributed by atoms with E-state index in [1.807, 2.05) is 12.1 Å². The minimum absolute atomic E-state index is 0.219. The molecule has 8 nitrogen and oxygen atoms in total. The summed E-state index contributed by atoms with van der Waals surface area (Å²) in [6, 6.07) is 9.41. The Morgan fingerprint density at radius 2 is 1.91 bits per heavy atom. The summed E-state index contributed by atoms with van der Waals surface area (Å²) >= 11 is 0. The molecule has 2 N–H and O–H groups in total. The summed E-state index contributed by atoms with van der Waals surface area (Å²) in [7, 11) is 1.54. The first-order valence-electron chi connectivity index (χ1n) is 11.3. The van der Waals surface area contributed by atoms with Crippen molar-refractivity contribution in [2.24, 2.45) is 0 Å². The largest absolute Gasteiger partial charge is 0.481 e. The molecule has 3 aromatic heterocycles. The van der Waals surface area contributed by atoms with E-state index in [1.54, 1.807) is 43.0 Å². The van der Waals surface area contributed by atoms with Crippen LogP contribution in [0.15, 0.2) is 42.7 Å². The van der Waals surface area contributed by atoms with Crippen LogP contribution in [0.4, 0.5) is 15.8 Å². The maximum atomic E-state index is 14.5. The van der Waals surface area contributed by atoms with Crippen LogP contribution in [0.25, 0.3) is 16.6 Å². The van der Waals surface area contributed by atoms with E-state index in [0.29, 0.717) is 40.4 Å². The molecular weight excluding hydrogens is 435 g/mol. The van der Waals surface area contributed by atoms with E-state index in [-0.39, 0.29) is 11.6 Å². The van der Waals surface area contributed by atoms with Gasteiger partial charge in [-0.1, -0.05) is 0 Å². The van der Waals surface area contributed by atoms with Gasteiger partial charge in [0.25, 0.3) is 5.91 Å². The van der Waals surface area contributed by atoms with Crippen molar-refractivity contribution in [2.45, 2.75) is 32.9 Å². The normalized spacial score (nSPS) is 18.4. The summed E-state index contributed by atoms with van der Waals surface area (Å²) in [5, 5.41) is 7.22. The van der Waals surface area contributed by atoms with Crippen molar-refractivity contribution in [2.75, 3.05) is 30.4 Å². The number of imidazole rings is 1. The first kappa shape index (κ1) is 22.1. The molecule has 0 aliphatic carbocycles. The number of amides is 1. The molecule has 4 aromatic rings. The highest BCUT2D eigenvalue weighted by atomic mass is 19.1. The number of piperazine rings is 1. The Hall–Kier alpha value is -3.72.